The lowest BCUT2D eigenvalue weighted by Gasteiger charge is -2.14. The van der Waals surface area contributed by atoms with Crippen LogP contribution in [0.1, 0.15) is 44.6 Å². The zero-order chi connectivity index (χ0) is 14.4. The number of anilines is 1. The van der Waals surface area contributed by atoms with E-state index in [9.17, 15) is 4.79 Å². The summed E-state index contributed by atoms with van der Waals surface area (Å²) in [4.78, 5) is 11.9. The number of amides is 1. The number of benzene rings is 1. The fourth-order valence-corrected chi connectivity index (χ4v) is 2.66. The largest absolute Gasteiger partial charge is 0.399 e. The zero-order valence-electron chi connectivity index (χ0n) is 12.1. The normalized spacial score (nSPS) is 23.4. The number of nitrogens with two attached hydrogens (primary N) is 1. The lowest BCUT2D eigenvalue weighted by Crippen LogP contribution is -2.33. The van der Waals surface area contributed by atoms with Crippen LogP contribution >= 0.6 is 0 Å². The summed E-state index contributed by atoms with van der Waals surface area (Å²) in [7, 11) is 0. The fraction of sp³-hybridized carbons (Fsp3) is 0.471. The lowest BCUT2D eigenvalue weighted by molar-refractivity contribution is -0.117. The Balaban J connectivity index is 1.84. The van der Waals surface area contributed by atoms with Crippen molar-refractivity contribution in [2.75, 3.05) is 5.73 Å². The van der Waals surface area contributed by atoms with Crippen molar-refractivity contribution in [3.8, 4) is 0 Å². The molecule has 3 N–H and O–H groups in total. The van der Waals surface area contributed by atoms with E-state index in [-0.39, 0.29) is 5.91 Å². The van der Waals surface area contributed by atoms with Gasteiger partial charge >= 0.3 is 0 Å². The Bertz CT molecular complexity index is 464. The molecule has 1 aromatic carbocycles. The van der Waals surface area contributed by atoms with Gasteiger partial charge in [-0.3, -0.25) is 4.79 Å². The van der Waals surface area contributed by atoms with Gasteiger partial charge in [-0.2, -0.15) is 0 Å². The van der Waals surface area contributed by atoms with Gasteiger partial charge in [-0.1, -0.05) is 31.9 Å². The molecule has 1 aliphatic rings. The number of nitrogen functional groups attached to an aromatic ring is 1. The molecule has 0 aliphatic heterocycles. The number of carbonyl (C=O) groups excluding carboxylic acids is 1. The molecule has 3 heteroatoms. The summed E-state index contributed by atoms with van der Waals surface area (Å²) in [5, 5.41) is 3.11. The van der Waals surface area contributed by atoms with E-state index in [1.807, 2.05) is 30.3 Å². The highest BCUT2D eigenvalue weighted by atomic mass is 16.1. The van der Waals surface area contributed by atoms with Gasteiger partial charge in [-0.25, -0.2) is 0 Å². The molecular weight excluding hydrogens is 248 g/mol. The Labute approximate surface area is 121 Å². The summed E-state index contributed by atoms with van der Waals surface area (Å²) >= 11 is 0. The van der Waals surface area contributed by atoms with Gasteiger partial charge in [0.05, 0.1) is 0 Å². The van der Waals surface area contributed by atoms with Crippen LogP contribution in [0.4, 0.5) is 5.69 Å². The highest BCUT2D eigenvalue weighted by Gasteiger charge is 2.16. The maximum absolute atomic E-state index is 11.9. The Morgan fingerprint density at radius 3 is 2.70 bits per heavy atom. The molecule has 0 bridgehead atoms. The first-order chi connectivity index (χ1) is 9.63. The van der Waals surface area contributed by atoms with Crippen molar-refractivity contribution in [1.82, 2.24) is 5.32 Å². The molecule has 1 aromatic rings. The maximum Gasteiger partial charge on any atom is 0.244 e. The van der Waals surface area contributed by atoms with Crippen LogP contribution in [0.15, 0.2) is 30.3 Å². The van der Waals surface area contributed by atoms with Crippen LogP contribution in [0.25, 0.3) is 6.08 Å². The Morgan fingerprint density at radius 2 is 1.95 bits per heavy atom. The standard InChI is InChI=1S/C17H24N2O/c1-13-3-2-4-16(11-5-13)19-17(20)12-8-14-6-9-15(18)10-7-14/h6-10,12-13,16H,2-5,11,18H2,1H3,(H,19,20)/b12-8+. The third kappa shape index (κ3) is 4.72. The Kier molecular flexibility index (Phi) is 5.22. The van der Waals surface area contributed by atoms with Gasteiger partial charge in [0.2, 0.25) is 5.91 Å². The van der Waals surface area contributed by atoms with Crippen LogP contribution in [0.3, 0.4) is 0 Å². The summed E-state index contributed by atoms with van der Waals surface area (Å²) in [6, 6.07) is 7.83. The number of rotatable bonds is 3. The highest BCUT2D eigenvalue weighted by Crippen LogP contribution is 2.22. The minimum atomic E-state index is 0.00128. The summed E-state index contributed by atoms with van der Waals surface area (Å²) < 4.78 is 0. The second-order valence-electron chi connectivity index (χ2n) is 5.82. The van der Waals surface area contributed by atoms with Crippen LogP contribution < -0.4 is 11.1 Å². The van der Waals surface area contributed by atoms with E-state index in [0.29, 0.717) is 6.04 Å². The predicted octanol–water partition coefficient (Wildman–Crippen LogP) is 3.37. The van der Waals surface area contributed by atoms with E-state index < -0.39 is 0 Å². The summed E-state index contributed by atoms with van der Waals surface area (Å²) in [6.45, 7) is 2.30. The van der Waals surface area contributed by atoms with Crippen LogP contribution in [0, 0.1) is 5.92 Å². The first-order valence-corrected chi connectivity index (χ1v) is 7.47. The maximum atomic E-state index is 11.9. The molecule has 0 saturated heterocycles. The first kappa shape index (κ1) is 14.6. The lowest BCUT2D eigenvalue weighted by atomic mass is 10.0. The first-order valence-electron chi connectivity index (χ1n) is 7.47. The van der Waals surface area contributed by atoms with Crippen molar-refractivity contribution in [3.63, 3.8) is 0 Å². The molecule has 0 heterocycles. The minimum Gasteiger partial charge on any atom is -0.399 e. The van der Waals surface area contributed by atoms with Crippen LogP contribution in [0.2, 0.25) is 0 Å². The Hall–Kier alpha value is -1.77. The predicted molar refractivity (Wildman–Crippen MR) is 84.1 cm³/mol. The Morgan fingerprint density at radius 1 is 1.20 bits per heavy atom. The topological polar surface area (TPSA) is 55.1 Å². The average molecular weight is 272 g/mol. The minimum absolute atomic E-state index is 0.00128. The van der Waals surface area contributed by atoms with Crippen molar-refractivity contribution in [3.05, 3.63) is 35.9 Å². The summed E-state index contributed by atoms with van der Waals surface area (Å²) in [5.41, 5.74) is 7.35. The van der Waals surface area contributed by atoms with E-state index in [1.54, 1.807) is 6.08 Å². The van der Waals surface area contributed by atoms with Gasteiger partial charge in [0.1, 0.15) is 0 Å². The van der Waals surface area contributed by atoms with Gasteiger partial charge in [0.25, 0.3) is 0 Å². The number of carbonyl (C=O) groups is 1. The third-order valence-corrected chi connectivity index (χ3v) is 3.97. The molecule has 108 valence electrons. The number of hydrogen-bond acceptors (Lipinski definition) is 2. The van der Waals surface area contributed by atoms with Gasteiger partial charge in [0, 0.05) is 17.8 Å². The fourth-order valence-electron chi connectivity index (χ4n) is 2.66. The summed E-state index contributed by atoms with van der Waals surface area (Å²) in [5.74, 6) is 0.795. The molecule has 2 unspecified atom stereocenters. The quantitative estimate of drug-likeness (QED) is 0.503. The molecule has 1 amide bonds. The van der Waals surface area contributed by atoms with Gasteiger partial charge in [0.15, 0.2) is 0 Å². The number of nitrogens with one attached hydrogen (secondary N) is 1. The molecule has 2 atom stereocenters. The molecule has 1 saturated carbocycles. The number of hydrogen-bond donors (Lipinski definition) is 2. The van der Waals surface area contributed by atoms with Crippen molar-refractivity contribution >= 4 is 17.7 Å². The SMILES string of the molecule is CC1CCCC(NC(=O)/C=C/c2ccc(N)cc2)CC1. The van der Waals surface area contributed by atoms with Crippen molar-refractivity contribution in [2.24, 2.45) is 5.92 Å². The van der Waals surface area contributed by atoms with Gasteiger partial charge < -0.3 is 11.1 Å². The monoisotopic (exact) mass is 272 g/mol. The van der Waals surface area contributed by atoms with Gasteiger partial charge in [-0.05, 0) is 49.0 Å². The van der Waals surface area contributed by atoms with E-state index in [4.69, 9.17) is 5.73 Å². The molecule has 0 radical (unpaired) electrons. The third-order valence-electron chi connectivity index (χ3n) is 3.97. The average Bonchev–Trinajstić information content (AvgIpc) is 2.63. The second kappa shape index (κ2) is 7.13. The van der Waals surface area contributed by atoms with E-state index in [2.05, 4.69) is 12.2 Å². The molecule has 20 heavy (non-hydrogen) atoms. The second-order valence-corrected chi connectivity index (χ2v) is 5.82. The highest BCUT2D eigenvalue weighted by molar-refractivity contribution is 5.91. The molecule has 1 aliphatic carbocycles. The van der Waals surface area contributed by atoms with E-state index in [1.165, 1.54) is 19.3 Å². The molecule has 2 rings (SSSR count). The molecule has 1 fully saturated rings. The summed E-state index contributed by atoms with van der Waals surface area (Å²) in [6.07, 6.45) is 9.36. The van der Waals surface area contributed by atoms with Crippen LogP contribution in [-0.2, 0) is 4.79 Å². The van der Waals surface area contributed by atoms with Crippen molar-refractivity contribution < 1.29 is 4.79 Å². The smallest absolute Gasteiger partial charge is 0.244 e. The van der Waals surface area contributed by atoms with Crippen LogP contribution in [-0.4, -0.2) is 11.9 Å². The van der Waals surface area contributed by atoms with Crippen molar-refractivity contribution in [2.45, 2.75) is 45.1 Å². The molecule has 3 nitrogen and oxygen atoms in total. The zero-order valence-corrected chi connectivity index (χ0v) is 12.1. The molecular formula is C17H24N2O. The van der Waals surface area contributed by atoms with E-state index in [0.717, 1.165) is 30.0 Å². The molecule has 0 spiro atoms. The molecule has 0 aromatic heterocycles. The van der Waals surface area contributed by atoms with E-state index >= 15 is 0 Å². The van der Waals surface area contributed by atoms with Crippen molar-refractivity contribution in [1.29, 1.82) is 0 Å². The van der Waals surface area contributed by atoms with Gasteiger partial charge in [-0.15, -0.1) is 0 Å². The van der Waals surface area contributed by atoms with Crippen LogP contribution in [0.5, 0.6) is 0 Å².